The van der Waals surface area contributed by atoms with Gasteiger partial charge in [0.2, 0.25) is 0 Å². The van der Waals surface area contributed by atoms with Gasteiger partial charge < -0.3 is 9.47 Å². The fourth-order valence-electron chi connectivity index (χ4n) is 8.20. The minimum absolute atomic E-state index is 0.241. The van der Waals surface area contributed by atoms with Crippen molar-refractivity contribution in [2.24, 2.45) is 11.8 Å². The Bertz CT molecular complexity index is 1460. The summed E-state index contributed by atoms with van der Waals surface area (Å²) in [5.41, 5.74) is 5.13. The van der Waals surface area contributed by atoms with Crippen molar-refractivity contribution in [2.45, 2.75) is 49.4 Å². The van der Waals surface area contributed by atoms with Crippen LogP contribution in [0.1, 0.15) is 60.8 Å². The van der Waals surface area contributed by atoms with Gasteiger partial charge in [-0.1, -0.05) is 36.1 Å². The summed E-state index contributed by atoms with van der Waals surface area (Å²) < 4.78 is 12.2. The molecule has 0 saturated heterocycles. The Labute approximate surface area is 237 Å². The van der Waals surface area contributed by atoms with Gasteiger partial charge in [0.1, 0.15) is 23.0 Å². The minimum atomic E-state index is 0.241. The maximum absolute atomic E-state index is 6.12. The van der Waals surface area contributed by atoms with Gasteiger partial charge in [-0.05, 0) is 145 Å². The fourth-order valence-corrected chi connectivity index (χ4v) is 8.20. The van der Waals surface area contributed by atoms with Gasteiger partial charge in [-0.2, -0.15) is 0 Å². The number of benzene rings is 4. The van der Waals surface area contributed by atoms with Crippen LogP contribution >= 0.6 is 0 Å². The third-order valence-corrected chi connectivity index (χ3v) is 9.51. The van der Waals surface area contributed by atoms with Crippen molar-refractivity contribution < 1.29 is 9.47 Å². The van der Waals surface area contributed by atoms with E-state index in [1.807, 2.05) is 48.5 Å². The number of hydrogen-bond acceptors (Lipinski definition) is 2. The van der Waals surface area contributed by atoms with Gasteiger partial charge in [0.15, 0.2) is 0 Å². The molecule has 0 amide bonds. The topological polar surface area (TPSA) is 18.5 Å². The Morgan fingerprint density at radius 1 is 0.500 bits per heavy atom. The van der Waals surface area contributed by atoms with Crippen molar-refractivity contribution in [1.29, 1.82) is 0 Å². The largest absolute Gasteiger partial charge is 0.457 e. The van der Waals surface area contributed by atoms with E-state index in [4.69, 9.17) is 22.3 Å². The van der Waals surface area contributed by atoms with E-state index >= 15 is 0 Å². The quantitative estimate of drug-likeness (QED) is 0.236. The first-order valence-corrected chi connectivity index (χ1v) is 14.3. The van der Waals surface area contributed by atoms with E-state index < -0.39 is 0 Å². The van der Waals surface area contributed by atoms with Crippen molar-refractivity contribution >= 4 is 0 Å². The Morgan fingerprint density at radius 2 is 0.825 bits per heavy atom. The van der Waals surface area contributed by atoms with Crippen LogP contribution in [-0.4, -0.2) is 0 Å². The van der Waals surface area contributed by atoms with Crippen molar-refractivity contribution in [2.75, 3.05) is 0 Å². The molecule has 0 radical (unpaired) electrons. The monoisotopic (exact) mass is 520 g/mol. The van der Waals surface area contributed by atoms with Gasteiger partial charge in [-0.15, -0.1) is 12.8 Å². The summed E-state index contributed by atoms with van der Waals surface area (Å²) in [5, 5.41) is 0. The molecule has 2 heteroatoms. The van der Waals surface area contributed by atoms with Crippen molar-refractivity contribution in [3.8, 4) is 47.7 Å². The molecule has 4 bridgehead atoms. The van der Waals surface area contributed by atoms with E-state index in [0.29, 0.717) is 0 Å². The summed E-state index contributed by atoms with van der Waals surface area (Å²) in [6.07, 6.45) is 18.8. The lowest BCUT2D eigenvalue weighted by molar-refractivity contribution is -0.0281. The Balaban J connectivity index is 1.11. The van der Waals surface area contributed by atoms with Crippen LogP contribution in [0.4, 0.5) is 0 Å². The summed E-state index contributed by atoms with van der Waals surface area (Å²) in [6, 6.07) is 33.2. The molecule has 0 aliphatic heterocycles. The summed E-state index contributed by atoms with van der Waals surface area (Å²) in [5.74, 6) is 10.2. The van der Waals surface area contributed by atoms with Gasteiger partial charge in [0.25, 0.3) is 0 Å². The SMILES string of the molecule is C#Cc1ccc(Oc2ccc(C34CC5CC(C3)CC(c3ccc(Oc6ccc(C#C)cc6)cc3)(C5)C4)cc2)cc1. The second kappa shape index (κ2) is 9.66. The molecule has 4 aromatic carbocycles. The fraction of sp³-hybridized carbons (Fsp3) is 0.263. The van der Waals surface area contributed by atoms with Crippen LogP contribution in [0.15, 0.2) is 97.1 Å². The van der Waals surface area contributed by atoms with Crippen LogP contribution in [-0.2, 0) is 10.8 Å². The summed E-state index contributed by atoms with van der Waals surface area (Å²) in [7, 11) is 0. The average molecular weight is 521 g/mol. The highest BCUT2D eigenvalue weighted by Gasteiger charge is 2.58. The highest BCUT2D eigenvalue weighted by molar-refractivity contribution is 5.44. The van der Waals surface area contributed by atoms with Gasteiger partial charge >= 0.3 is 0 Å². The maximum Gasteiger partial charge on any atom is 0.127 e. The second-order valence-corrected chi connectivity index (χ2v) is 12.1. The van der Waals surface area contributed by atoms with Crippen molar-refractivity contribution in [3.05, 3.63) is 119 Å². The molecule has 4 aliphatic carbocycles. The van der Waals surface area contributed by atoms with E-state index in [9.17, 15) is 0 Å². The zero-order valence-corrected chi connectivity index (χ0v) is 22.6. The first-order valence-electron chi connectivity index (χ1n) is 14.3. The molecule has 0 unspecified atom stereocenters. The average Bonchev–Trinajstić information content (AvgIpc) is 2.98. The number of rotatable bonds is 6. The van der Waals surface area contributed by atoms with Crippen LogP contribution < -0.4 is 9.47 Å². The molecule has 2 nitrogen and oxygen atoms in total. The molecule has 0 atom stereocenters. The van der Waals surface area contributed by atoms with Crippen molar-refractivity contribution in [3.63, 3.8) is 0 Å². The molecule has 0 N–H and O–H groups in total. The Kier molecular flexibility index (Phi) is 5.95. The zero-order valence-electron chi connectivity index (χ0n) is 22.6. The third kappa shape index (κ3) is 4.45. The highest BCUT2D eigenvalue weighted by atomic mass is 16.5. The molecule has 0 aromatic heterocycles. The van der Waals surface area contributed by atoms with E-state index in [-0.39, 0.29) is 10.8 Å². The van der Waals surface area contributed by atoms with Gasteiger partial charge in [0.05, 0.1) is 0 Å². The molecule has 8 rings (SSSR count). The summed E-state index contributed by atoms with van der Waals surface area (Å²) in [6.45, 7) is 0. The van der Waals surface area contributed by atoms with E-state index in [1.165, 1.54) is 49.7 Å². The molecule has 196 valence electrons. The van der Waals surface area contributed by atoms with Crippen LogP contribution in [0, 0.1) is 36.5 Å². The molecular formula is C38H32O2. The summed E-state index contributed by atoms with van der Waals surface area (Å²) in [4.78, 5) is 0. The molecule has 0 heterocycles. The van der Waals surface area contributed by atoms with Gasteiger partial charge in [-0.25, -0.2) is 0 Å². The first-order chi connectivity index (χ1) is 19.5. The lowest BCUT2D eigenvalue weighted by Gasteiger charge is -2.62. The molecule has 4 saturated carbocycles. The third-order valence-electron chi connectivity index (χ3n) is 9.51. The molecular weight excluding hydrogens is 488 g/mol. The lowest BCUT2D eigenvalue weighted by Crippen LogP contribution is -2.55. The standard InChI is InChI=1S/C38H32O2/c1-3-27-5-13-33(14-6-27)39-35-17-9-31(10-18-35)37-22-29-21-30(23-37)25-38(24-29,26-37)32-11-19-36(20-12-32)40-34-15-7-28(4-2)8-16-34/h1-2,5-20,29-30H,21-26H2. The van der Waals surface area contributed by atoms with Crippen LogP contribution in [0.2, 0.25) is 0 Å². The molecule has 4 fully saturated rings. The highest BCUT2D eigenvalue weighted by Crippen LogP contribution is 2.66. The Morgan fingerprint density at radius 3 is 1.15 bits per heavy atom. The van der Waals surface area contributed by atoms with E-state index in [0.717, 1.165) is 46.0 Å². The van der Waals surface area contributed by atoms with E-state index in [2.05, 4.69) is 60.4 Å². The van der Waals surface area contributed by atoms with Crippen LogP contribution in [0.25, 0.3) is 0 Å². The van der Waals surface area contributed by atoms with Crippen LogP contribution in [0.3, 0.4) is 0 Å². The second-order valence-electron chi connectivity index (χ2n) is 12.1. The van der Waals surface area contributed by atoms with Crippen molar-refractivity contribution in [1.82, 2.24) is 0 Å². The van der Waals surface area contributed by atoms with Gasteiger partial charge in [0, 0.05) is 11.1 Å². The number of ether oxygens (including phenoxy) is 2. The molecule has 4 aliphatic rings. The molecule has 4 aromatic rings. The molecule has 0 spiro atoms. The van der Waals surface area contributed by atoms with E-state index in [1.54, 1.807) is 0 Å². The number of hydrogen-bond donors (Lipinski definition) is 0. The lowest BCUT2D eigenvalue weighted by atomic mass is 9.42. The Hall–Kier alpha value is -4.40. The van der Waals surface area contributed by atoms with Gasteiger partial charge in [-0.3, -0.25) is 0 Å². The van der Waals surface area contributed by atoms with Crippen LogP contribution in [0.5, 0.6) is 23.0 Å². The zero-order chi connectivity index (χ0) is 27.2. The minimum Gasteiger partial charge on any atom is -0.457 e. The molecule has 40 heavy (non-hydrogen) atoms. The predicted molar refractivity (Wildman–Crippen MR) is 160 cm³/mol. The predicted octanol–water partition coefficient (Wildman–Crippen LogP) is 9.02. The number of terminal acetylenes is 2. The first kappa shape index (κ1) is 24.6. The normalized spacial score (nSPS) is 26.1. The summed E-state index contributed by atoms with van der Waals surface area (Å²) >= 11 is 0. The smallest absolute Gasteiger partial charge is 0.127 e. The maximum atomic E-state index is 6.12.